The molecule has 2 aromatic carbocycles. The van der Waals surface area contributed by atoms with E-state index in [4.69, 9.17) is 9.47 Å². The first-order valence-corrected chi connectivity index (χ1v) is 11.8. The van der Waals surface area contributed by atoms with E-state index >= 15 is 0 Å². The summed E-state index contributed by atoms with van der Waals surface area (Å²) in [5, 5.41) is 2.75. The van der Waals surface area contributed by atoms with Crippen LogP contribution in [-0.2, 0) is 24.5 Å². The molecule has 1 atom stereocenters. The summed E-state index contributed by atoms with van der Waals surface area (Å²) >= 11 is 0. The molecule has 8 nitrogen and oxygen atoms in total. The second kappa shape index (κ2) is 11.1. The van der Waals surface area contributed by atoms with Crippen LogP contribution in [-0.4, -0.2) is 74.2 Å². The standard InChI is InChI=1S/C26H29F2N3O5/c1-35-24(33)26(19-5-3-2-4-6-19)9-12-30(13-10-26)14-11-29-25(34)31-22(16-36-17-23(31)32)18-7-8-20(27)21(28)15-18/h2-8,15,22H,9-14,16-17H2,1H3,(H,29,34). The Hall–Kier alpha value is -3.37. The molecule has 0 aliphatic carbocycles. The van der Waals surface area contributed by atoms with Crippen LogP contribution >= 0.6 is 0 Å². The number of methoxy groups -OCH3 is 1. The first kappa shape index (κ1) is 25.7. The van der Waals surface area contributed by atoms with Crippen molar-refractivity contribution in [1.29, 1.82) is 0 Å². The molecule has 4 rings (SSSR count). The minimum Gasteiger partial charge on any atom is -0.468 e. The molecule has 2 aliphatic rings. The van der Waals surface area contributed by atoms with E-state index in [-0.39, 0.29) is 31.3 Å². The largest absolute Gasteiger partial charge is 0.468 e. The average Bonchev–Trinajstić information content (AvgIpc) is 2.90. The van der Waals surface area contributed by atoms with Gasteiger partial charge in [0.1, 0.15) is 6.61 Å². The third-order valence-electron chi connectivity index (χ3n) is 6.95. The zero-order valence-corrected chi connectivity index (χ0v) is 20.0. The van der Waals surface area contributed by atoms with Crippen LogP contribution in [0.3, 0.4) is 0 Å². The number of piperidine rings is 1. The highest BCUT2D eigenvalue weighted by Crippen LogP contribution is 2.36. The molecule has 0 radical (unpaired) electrons. The van der Waals surface area contributed by atoms with Crippen molar-refractivity contribution in [2.45, 2.75) is 24.3 Å². The number of carbonyl (C=O) groups excluding carboxylic acids is 3. The van der Waals surface area contributed by atoms with Gasteiger partial charge < -0.3 is 19.7 Å². The van der Waals surface area contributed by atoms with Gasteiger partial charge in [-0.3, -0.25) is 14.5 Å². The molecule has 0 aromatic heterocycles. The third kappa shape index (κ3) is 5.24. The number of likely N-dealkylation sites (tertiary alicyclic amines) is 1. The van der Waals surface area contributed by atoms with Crippen LogP contribution in [0, 0.1) is 11.6 Å². The van der Waals surface area contributed by atoms with E-state index in [1.807, 2.05) is 30.3 Å². The van der Waals surface area contributed by atoms with Crippen molar-refractivity contribution >= 4 is 17.9 Å². The highest BCUT2D eigenvalue weighted by molar-refractivity contribution is 5.96. The van der Waals surface area contributed by atoms with E-state index < -0.39 is 35.0 Å². The van der Waals surface area contributed by atoms with Gasteiger partial charge >= 0.3 is 12.0 Å². The number of rotatable bonds is 6. The van der Waals surface area contributed by atoms with Crippen molar-refractivity contribution in [2.24, 2.45) is 0 Å². The van der Waals surface area contributed by atoms with E-state index in [1.54, 1.807) is 0 Å². The van der Waals surface area contributed by atoms with Crippen molar-refractivity contribution in [2.75, 3.05) is 46.5 Å². The molecule has 0 spiro atoms. The highest BCUT2D eigenvalue weighted by atomic mass is 19.2. The topological polar surface area (TPSA) is 88.2 Å². The first-order valence-electron chi connectivity index (χ1n) is 11.8. The number of nitrogens with zero attached hydrogens (tertiary/aromatic N) is 2. The smallest absolute Gasteiger partial charge is 0.324 e. The van der Waals surface area contributed by atoms with Crippen molar-refractivity contribution in [3.8, 4) is 0 Å². The second-order valence-corrected chi connectivity index (χ2v) is 8.98. The maximum Gasteiger partial charge on any atom is 0.324 e. The second-order valence-electron chi connectivity index (χ2n) is 8.98. The number of benzene rings is 2. The minimum atomic E-state index is -1.06. The summed E-state index contributed by atoms with van der Waals surface area (Å²) in [6.07, 6.45) is 1.16. The fourth-order valence-electron chi connectivity index (χ4n) is 4.92. The SMILES string of the molecule is COC(=O)C1(c2ccccc2)CCN(CCNC(=O)N2C(=O)COCC2c2ccc(F)c(F)c2)CC1. The Morgan fingerprint density at radius 2 is 1.83 bits per heavy atom. The molecule has 2 aliphatic heterocycles. The van der Waals surface area contributed by atoms with Gasteiger partial charge in [-0.2, -0.15) is 0 Å². The Labute approximate surface area is 208 Å². The Bertz CT molecular complexity index is 1110. The third-order valence-corrected chi connectivity index (χ3v) is 6.95. The van der Waals surface area contributed by atoms with Crippen LogP contribution in [0.4, 0.5) is 13.6 Å². The lowest BCUT2D eigenvalue weighted by atomic mass is 9.72. The van der Waals surface area contributed by atoms with Crippen LogP contribution < -0.4 is 5.32 Å². The highest BCUT2D eigenvalue weighted by Gasteiger charge is 2.44. The van der Waals surface area contributed by atoms with Gasteiger partial charge in [-0.25, -0.2) is 13.6 Å². The zero-order chi connectivity index (χ0) is 25.7. The van der Waals surface area contributed by atoms with E-state index in [0.717, 1.165) is 22.6 Å². The van der Waals surface area contributed by atoms with Crippen molar-refractivity contribution < 1.29 is 32.6 Å². The van der Waals surface area contributed by atoms with Crippen molar-refractivity contribution in [3.05, 3.63) is 71.3 Å². The minimum absolute atomic E-state index is 0.00848. The number of hydrogen-bond donors (Lipinski definition) is 1. The molecule has 1 N–H and O–H groups in total. The summed E-state index contributed by atoms with van der Waals surface area (Å²) in [7, 11) is 1.40. The number of imide groups is 1. The monoisotopic (exact) mass is 501 g/mol. The molecule has 1 unspecified atom stereocenters. The number of carbonyl (C=O) groups is 3. The Morgan fingerprint density at radius 3 is 2.50 bits per heavy atom. The van der Waals surface area contributed by atoms with Crippen LogP contribution in [0.1, 0.15) is 30.0 Å². The molecule has 192 valence electrons. The Kier molecular flexibility index (Phi) is 7.95. The summed E-state index contributed by atoms with van der Waals surface area (Å²) in [5.74, 6) is -2.88. The summed E-state index contributed by atoms with van der Waals surface area (Å²) < 4.78 is 37.5. The molecular formula is C26H29F2N3O5. The maximum absolute atomic E-state index is 13.7. The molecule has 10 heteroatoms. The summed E-state index contributed by atoms with van der Waals surface area (Å²) in [4.78, 5) is 41.2. The molecule has 3 amide bonds. The van der Waals surface area contributed by atoms with Gasteiger partial charge in [0.2, 0.25) is 0 Å². The van der Waals surface area contributed by atoms with Crippen LogP contribution in [0.15, 0.2) is 48.5 Å². The van der Waals surface area contributed by atoms with E-state index in [9.17, 15) is 23.2 Å². The van der Waals surface area contributed by atoms with Crippen molar-refractivity contribution in [1.82, 2.24) is 15.1 Å². The first-order chi connectivity index (χ1) is 17.4. The summed E-state index contributed by atoms with van der Waals surface area (Å²) in [6.45, 7) is 1.78. The van der Waals surface area contributed by atoms with Crippen molar-refractivity contribution in [3.63, 3.8) is 0 Å². The van der Waals surface area contributed by atoms with Gasteiger partial charge in [-0.1, -0.05) is 36.4 Å². The Balaban J connectivity index is 1.35. The molecule has 2 saturated heterocycles. The van der Waals surface area contributed by atoms with Gasteiger partial charge in [0, 0.05) is 13.1 Å². The predicted octanol–water partition coefficient (Wildman–Crippen LogP) is 2.78. The molecule has 0 bridgehead atoms. The number of halogens is 2. The maximum atomic E-state index is 13.7. The summed E-state index contributed by atoms with van der Waals surface area (Å²) in [6, 6.07) is 11.4. The van der Waals surface area contributed by atoms with Crippen LogP contribution in [0.5, 0.6) is 0 Å². The molecular weight excluding hydrogens is 472 g/mol. The van der Waals surface area contributed by atoms with Crippen LogP contribution in [0.2, 0.25) is 0 Å². The Morgan fingerprint density at radius 1 is 1.11 bits per heavy atom. The number of esters is 1. The molecule has 2 fully saturated rings. The normalized spacial score (nSPS) is 20.1. The van der Waals surface area contributed by atoms with E-state index in [2.05, 4.69) is 10.2 Å². The van der Waals surface area contributed by atoms with Gasteiger partial charge in [0.25, 0.3) is 5.91 Å². The number of hydrogen-bond acceptors (Lipinski definition) is 6. The summed E-state index contributed by atoms with van der Waals surface area (Å²) in [5.41, 5.74) is 0.500. The lowest BCUT2D eigenvalue weighted by Crippen LogP contribution is -2.53. The lowest BCUT2D eigenvalue weighted by Gasteiger charge is -2.40. The van der Waals surface area contributed by atoms with Gasteiger partial charge in [0.05, 0.1) is 25.2 Å². The molecule has 2 heterocycles. The van der Waals surface area contributed by atoms with Crippen LogP contribution in [0.25, 0.3) is 0 Å². The number of morpholine rings is 1. The fourth-order valence-corrected chi connectivity index (χ4v) is 4.92. The average molecular weight is 502 g/mol. The lowest BCUT2D eigenvalue weighted by molar-refractivity contribution is -0.149. The van der Waals surface area contributed by atoms with E-state index in [0.29, 0.717) is 32.5 Å². The van der Waals surface area contributed by atoms with Gasteiger partial charge in [0.15, 0.2) is 11.6 Å². The number of ether oxygens (including phenoxy) is 2. The van der Waals surface area contributed by atoms with Gasteiger partial charge in [-0.05, 0) is 49.2 Å². The van der Waals surface area contributed by atoms with Gasteiger partial charge in [-0.15, -0.1) is 0 Å². The zero-order valence-electron chi connectivity index (χ0n) is 20.0. The molecule has 36 heavy (non-hydrogen) atoms. The van der Waals surface area contributed by atoms with E-state index in [1.165, 1.54) is 13.2 Å². The molecule has 0 saturated carbocycles. The number of urea groups is 1. The number of nitrogens with one attached hydrogen (secondary N) is 1. The quantitative estimate of drug-likeness (QED) is 0.613. The number of amides is 3. The predicted molar refractivity (Wildman–Crippen MR) is 126 cm³/mol. The fraction of sp³-hybridized carbons (Fsp3) is 0.423. The molecule has 2 aromatic rings.